The van der Waals surface area contributed by atoms with Crippen molar-refractivity contribution in [3.05, 3.63) is 58.6 Å². The van der Waals surface area contributed by atoms with Crippen LogP contribution in [0.15, 0.2) is 51.8 Å². The number of pyridine rings is 1. The van der Waals surface area contributed by atoms with Crippen LogP contribution in [-0.4, -0.2) is 31.2 Å². The van der Waals surface area contributed by atoms with Crippen molar-refractivity contribution < 1.29 is 17.6 Å². The van der Waals surface area contributed by atoms with Crippen LogP contribution in [0.25, 0.3) is 22.2 Å². The van der Waals surface area contributed by atoms with Crippen molar-refractivity contribution in [1.82, 2.24) is 10.3 Å². The maximum absolute atomic E-state index is 12.9. The fraction of sp³-hybridized carbons (Fsp3) is 0.263. The second kappa shape index (κ2) is 6.70. The first-order valence-electron chi connectivity index (χ1n) is 8.49. The normalized spacial score (nSPS) is 15.3. The first-order valence-corrected chi connectivity index (χ1v) is 8.49. The molecule has 1 aliphatic rings. The molecule has 1 saturated heterocycles. The largest absolute Gasteiger partial charge is 0.422 e. The number of hydrogen-bond acceptors (Lipinski definition) is 5. The topological polar surface area (TPSA) is 58.4 Å². The van der Waals surface area contributed by atoms with Crippen molar-refractivity contribution in [3.63, 3.8) is 0 Å². The Labute approximate surface area is 152 Å². The molecule has 0 bridgehead atoms. The molecule has 4 rings (SSSR count). The molecule has 0 aliphatic carbocycles. The van der Waals surface area contributed by atoms with E-state index in [1.165, 1.54) is 6.07 Å². The van der Waals surface area contributed by atoms with Gasteiger partial charge in [-0.15, -0.1) is 0 Å². The zero-order valence-corrected chi connectivity index (χ0v) is 14.2. The minimum absolute atomic E-state index is 0.00326. The Balaban J connectivity index is 1.75. The smallest absolute Gasteiger partial charge is 0.416 e. The van der Waals surface area contributed by atoms with Crippen molar-refractivity contribution in [2.24, 2.45) is 0 Å². The summed E-state index contributed by atoms with van der Waals surface area (Å²) in [5.74, 6) is 0. The van der Waals surface area contributed by atoms with Crippen LogP contribution in [0.4, 0.5) is 18.9 Å². The SMILES string of the molecule is O=c1oc2cc(N3CCNCC3)ccc2cc1-c1cc(C(F)(F)F)ccn1. The van der Waals surface area contributed by atoms with Gasteiger partial charge in [-0.25, -0.2) is 4.79 Å². The molecule has 0 unspecified atom stereocenters. The van der Waals surface area contributed by atoms with E-state index in [0.29, 0.717) is 11.0 Å². The highest BCUT2D eigenvalue weighted by Gasteiger charge is 2.31. The summed E-state index contributed by atoms with van der Waals surface area (Å²) < 4.78 is 44.1. The summed E-state index contributed by atoms with van der Waals surface area (Å²) in [6, 6.07) is 8.74. The zero-order valence-electron chi connectivity index (χ0n) is 14.2. The third-order valence-electron chi connectivity index (χ3n) is 4.56. The Morgan fingerprint density at radius 3 is 2.59 bits per heavy atom. The van der Waals surface area contributed by atoms with Crippen LogP contribution < -0.4 is 15.8 Å². The van der Waals surface area contributed by atoms with Crippen LogP contribution in [0.2, 0.25) is 0 Å². The molecule has 5 nitrogen and oxygen atoms in total. The van der Waals surface area contributed by atoms with Crippen LogP contribution in [0.1, 0.15) is 5.56 Å². The molecule has 0 saturated carbocycles. The van der Waals surface area contributed by atoms with E-state index in [-0.39, 0.29) is 11.3 Å². The fourth-order valence-electron chi connectivity index (χ4n) is 3.15. The maximum atomic E-state index is 12.9. The Morgan fingerprint density at radius 1 is 1.07 bits per heavy atom. The molecule has 8 heteroatoms. The van der Waals surface area contributed by atoms with Crippen LogP contribution in [0, 0.1) is 0 Å². The lowest BCUT2D eigenvalue weighted by Crippen LogP contribution is -2.43. The number of fused-ring (bicyclic) bond motifs is 1. The van der Waals surface area contributed by atoms with E-state index in [2.05, 4.69) is 15.2 Å². The van der Waals surface area contributed by atoms with Gasteiger partial charge in [-0.2, -0.15) is 13.2 Å². The lowest BCUT2D eigenvalue weighted by atomic mass is 10.1. The second-order valence-electron chi connectivity index (χ2n) is 6.33. The molecular formula is C19H16F3N3O2. The Hall–Kier alpha value is -2.87. The summed E-state index contributed by atoms with van der Waals surface area (Å²) in [5, 5.41) is 3.90. The number of anilines is 1. The molecule has 2 aromatic heterocycles. The van der Waals surface area contributed by atoms with Gasteiger partial charge in [0.25, 0.3) is 0 Å². The Morgan fingerprint density at radius 2 is 1.85 bits per heavy atom. The van der Waals surface area contributed by atoms with E-state index in [1.54, 1.807) is 12.1 Å². The first kappa shape index (κ1) is 17.5. The molecule has 1 aromatic carbocycles. The monoisotopic (exact) mass is 375 g/mol. The van der Waals surface area contributed by atoms with Gasteiger partial charge in [0, 0.05) is 49.5 Å². The van der Waals surface area contributed by atoms with E-state index >= 15 is 0 Å². The molecule has 140 valence electrons. The van der Waals surface area contributed by atoms with Gasteiger partial charge in [0.2, 0.25) is 0 Å². The standard InChI is InChI=1S/C19H16F3N3O2/c20-19(21,22)13-3-4-24-16(10-13)15-9-12-1-2-14(11-17(12)27-18(15)26)25-7-5-23-6-8-25/h1-4,9-11,23H,5-8H2. The molecule has 0 amide bonds. The lowest BCUT2D eigenvalue weighted by molar-refractivity contribution is -0.137. The van der Waals surface area contributed by atoms with E-state index in [9.17, 15) is 18.0 Å². The summed E-state index contributed by atoms with van der Waals surface area (Å²) in [6.07, 6.45) is -3.47. The van der Waals surface area contributed by atoms with Gasteiger partial charge in [-0.1, -0.05) is 0 Å². The van der Waals surface area contributed by atoms with Crippen molar-refractivity contribution in [2.75, 3.05) is 31.1 Å². The maximum Gasteiger partial charge on any atom is 0.416 e. The number of piperazine rings is 1. The average Bonchev–Trinajstić information content (AvgIpc) is 2.67. The van der Waals surface area contributed by atoms with Crippen molar-refractivity contribution in [3.8, 4) is 11.3 Å². The highest BCUT2D eigenvalue weighted by Crippen LogP contribution is 2.31. The van der Waals surface area contributed by atoms with E-state index in [4.69, 9.17) is 4.42 Å². The van der Waals surface area contributed by atoms with Crippen molar-refractivity contribution in [1.29, 1.82) is 0 Å². The Bertz CT molecular complexity index is 1040. The molecule has 0 radical (unpaired) electrons. The van der Waals surface area contributed by atoms with Gasteiger partial charge in [0.15, 0.2) is 0 Å². The molecule has 1 aliphatic heterocycles. The minimum atomic E-state index is -4.51. The number of nitrogens with one attached hydrogen (secondary N) is 1. The van der Waals surface area contributed by atoms with Gasteiger partial charge >= 0.3 is 11.8 Å². The van der Waals surface area contributed by atoms with E-state index < -0.39 is 17.4 Å². The predicted molar refractivity (Wildman–Crippen MR) is 95.8 cm³/mol. The van der Waals surface area contributed by atoms with E-state index in [0.717, 1.165) is 50.2 Å². The molecule has 0 atom stereocenters. The quantitative estimate of drug-likeness (QED) is 0.697. The first-order chi connectivity index (χ1) is 12.9. The summed E-state index contributed by atoms with van der Waals surface area (Å²) in [4.78, 5) is 18.5. The van der Waals surface area contributed by atoms with E-state index in [1.807, 2.05) is 6.07 Å². The van der Waals surface area contributed by atoms with Crippen LogP contribution in [-0.2, 0) is 6.18 Å². The van der Waals surface area contributed by atoms with Crippen molar-refractivity contribution in [2.45, 2.75) is 6.18 Å². The highest BCUT2D eigenvalue weighted by molar-refractivity contribution is 5.84. The lowest BCUT2D eigenvalue weighted by Gasteiger charge is -2.29. The highest BCUT2D eigenvalue weighted by atomic mass is 19.4. The van der Waals surface area contributed by atoms with Gasteiger partial charge in [0.05, 0.1) is 16.8 Å². The third-order valence-corrected chi connectivity index (χ3v) is 4.56. The molecule has 1 fully saturated rings. The molecule has 1 N–H and O–H groups in total. The summed E-state index contributed by atoms with van der Waals surface area (Å²) in [5.41, 5.74) is -0.299. The molecule has 27 heavy (non-hydrogen) atoms. The number of rotatable bonds is 2. The number of alkyl halides is 3. The number of halogens is 3. The molecule has 3 heterocycles. The summed E-state index contributed by atoms with van der Waals surface area (Å²) in [7, 11) is 0. The third kappa shape index (κ3) is 3.52. The zero-order chi connectivity index (χ0) is 19.0. The number of aromatic nitrogens is 1. The molecule has 0 spiro atoms. The summed E-state index contributed by atoms with van der Waals surface area (Å²) >= 11 is 0. The van der Waals surface area contributed by atoms with Crippen LogP contribution >= 0.6 is 0 Å². The number of benzene rings is 1. The number of hydrogen-bond donors (Lipinski definition) is 1. The van der Waals surface area contributed by atoms with Gasteiger partial charge in [-0.3, -0.25) is 4.98 Å². The fourth-order valence-corrected chi connectivity index (χ4v) is 3.15. The Kier molecular flexibility index (Phi) is 4.35. The average molecular weight is 375 g/mol. The predicted octanol–water partition coefficient (Wildman–Crippen LogP) is 3.28. The van der Waals surface area contributed by atoms with Gasteiger partial charge < -0.3 is 14.6 Å². The van der Waals surface area contributed by atoms with Crippen molar-refractivity contribution >= 4 is 16.7 Å². The minimum Gasteiger partial charge on any atom is -0.422 e. The van der Waals surface area contributed by atoms with Crippen LogP contribution in [0.5, 0.6) is 0 Å². The molecular weight excluding hydrogens is 359 g/mol. The van der Waals surface area contributed by atoms with Crippen LogP contribution in [0.3, 0.4) is 0 Å². The van der Waals surface area contributed by atoms with Gasteiger partial charge in [-0.05, 0) is 30.3 Å². The number of nitrogens with zero attached hydrogens (tertiary/aromatic N) is 2. The van der Waals surface area contributed by atoms with Gasteiger partial charge in [0.1, 0.15) is 5.58 Å². The second-order valence-corrected chi connectivity index (χ2v) is 6.33. The summed E-state index contributed by atoms with van der Waals surface area (Å²) in [6.45, 7) is 3.45. The molecule has 3 aromatic rings.